The summed E-state index contributed by atoms with van der Waals surface area (Å²) in [6.45, 7) is 5.12. The largest absolute Gasteiger partial charge is 0.340 e. The number of hydrogen-bond donors (Lipinski definition) is 0. The van der Waals surface area contributed by atoms with E-state index < -0.39 is 10.0 Å². The number of hydrogen-bond acceptors (Lipinski definition) is 4. The number of rotatable bonds is 7. The molecule has 2 fully saturated rings. The summed E-state index contributed by atoms with van der Waals surface area (Å²) in [5.41, 5.74) is 2.20. The molecule has 0 atom stereocenters. The molecule has 2 heterocycles. The lowest BCUT2D eigenvalue weighted by Crippen LogP contribution is -2.52. The van der Waals surface area contributed by atoms with Crippen molar-refractivity contribution in [3.8, 4) is 0 Å². The van der Waals surface area contributed by atoms with Crippen molar-refractivity contribution < 1.29 is 13.2 Å². The van der Waals surface area contributed by atoms with E-state index in [1.807, 2.05) is 41.3 Å². The first kappa shape index (κ1) is 23.7. The molecule has 0 spiro atoms. The zero-order chi connectivity index (χ0) is 23.1. The van der Waals surface area contributed by atoms with E-state index in [1.165, 1.54) is 15.3 Å². The Kier molecular flexibility index (Phi) is 7.96. The molecule has 33 heavy (non-hydrogen) atoms. The van der Waals surface area contributed by atoms with Gasteiger partial charge < -0.3 is 4.90 Å². The summed E-state index contributed by atoms with van der Waals surface area (Å²) in [6.07, 6.45) is 3.83. The van der Waals surface area contributed by atoms with Crippen molar-refractivity contribution >= 4 is 22.0 Å². The van der Waals surface area contributed by atoms with Crippen molar-refractivity contribution in [3.05, 3.63) is 77.2 Å². The van der Waals surface area contributed by atoms with Crippen LogP contribution in [0, 0.1) is 5.92 Å². The number of amides is 1. The van der Waals surface area contributed by atoms with Crippen LogP contribution in [0.25, 0.3) is 6.08 Å². The van der Waals surface area contributed by atoms with E-state index in [1.54, 1.807) is 6.08 Å². The minimum atomic E-state index is -3.47. The highest BCUT2D eigenvalue weighted by Crippen LogP contribution is 2.23. The molecule has 0 saturated carbocycles. The topological polar surface area (TPSA) is 60.9 Å². The smallest absolute Gasteiger partial charge is 0.236 e. The van der Waals surface area contributed by atoms with Gasteiger partial charge in [0.25, 0.3) is 0 Å². The van der Waals surface area contributed by atoms with Crippen molar-refractivity contribution in [2.75, 3.05) is 45.8 Å². The summed E-state index contributed by atoms with van der Waals surface area (Å²) in [5.74, 6) is 0.111. The lowest BCUT2D eigenvalue weighted by molar-refractivity contribution is -0.138. The lowest BCUT2D eigenvalue weighted by Gasteiger charge is -2.38. The average molecular weight is 468 g/mol. The first-order chi connectivity index (χ1) is 16.0. The molecule has 176 valence electrons. The molecule has 7 heteroatoms. The van der Waals surface area contributed by atoms with Crippen LogP contribution in [0.3, 0.4) is 0 Å². The normalized spacial score (nSPS) is 19.2. The van der Waals surface area contributed by atoms with Crippen LogP contribution in [0.2, 0.25) is 0 Å². The number of benzene rings is 2. The van der Waals surface area contributed by atoms with Gasteiger partial charge in [-0.25, -0.2) is 8.42 Å². The van der Waals surface area contributed by atoms with E-state index in [-0.39, 0.29) is 11.8 Å². The van der Waals surface area contributed by atoms with Gasteiger partial charge in [-0.05, 0) is 36.5 Å². The number of piperazine rings is 1. The van der Waals surface area contributed by atoms with Gasteiger partial charge in [-0.2, -0.15) is 4.31 Å². The van der Waals surface area contributed by atoms with Crippen molar-refractivity contribution in [1.29, 1.82) is 0 Å². The van der Waals surface area contributed by atoms with E-state index in [0.717, 1.165) is 44.7 Å². The Labute approximate surface area is 197 Å². The summed E-state index contributed by atoms with van der Waals surface area (Å²) in [5, 5.41) is 1.28. The molecule has 2 saturated heterocycles. The minimum Gasteiger partial charge on any atom is -0.340 e. The van der Waals surface area contributed by atoms with E-state index in [9.17, 15) is 13.2 Å². The monoisotopic (exact) mass is 467 g/mol. The second-order valence-corrected chi connectivity index (χ2v) is 10.7. The summed E-state index contributed by atoms with van der Waals surface area (Å²) in [6, 6.07) is 19.9. The van der Waals surface area contributed by atoms with E-state index >= 15 is 0 Å². The average Bonchev–Trinajstić information content (AvgIpc) is 2.87. The SMILES string of the molecule is O=C(C1CCN(S(=O)(=O)/C=C/c2ccccc2)CC1)N1CCN(CCc2ccccc2)CC1. The quantitative estimate of drug-likeness (QED) is 0.628. The standard InChI is InChI=1S/C26H33N3O3S/c30-26(28-20-18-27(19-21-28)15-11-23-7-3-1-4-8-23)25-12-16-29(17-13-25)33(31,32)22-14-24-9-5-2-6-10-24/h1-10,14,22,25H,11-13,15-21H2/b22-14+. The highest BCUT2D eigenvalue weighted by molar-refractivity contribution is 7.92. The zero-order valence-corrected chi connectivity index (χ0v) is 19.9. The highest BCUT2D eigenvalue weighted by atomic mass is 32.2. The fourth-order valence-electron chi connectivity index (χ4n) is 4.55. The molecular weight excluding hydrogens is 434 g/mol. The third kappa shape index (κ3) is 6.53. The summed E-state index contributed by atoms with van der Waals surface area (Å²) >= 11 is 0. The molecule has 0 aromatic heterocycles. The molecule has 2 aromatic rings. The van der Waals surface area contributed by atoms with Gasteiger partial charge in [0.2, 0.25) is 15.9 Å². The molecule has 0 bridgehead atoms. The summed E-state index contributed by atoms with van der Waals surface area (Å²) in [4.78, 5) is 17.4. The zero-order valence-electron chi connectivity index (χ0n) is 19.1. The van der Waals surface area contributed by atoms with Crippen LogP contribution >= 0.6 is 0 Å². The number of sulfonamides is 1. The first-order valence-corrected chi connectivity index (χ1v) is 13.3. The third-order valence-corrected chi connectivity index (χ3v) is 8.20. The fraction of sp³-hybridized carbons (Fsp3) is 0.423. The second-order valence-electron chi connectivity index (χ2n) is 8.83. The van der Waals surface area contributed by atoms with Crippen LogP contribution in [0.5, 0.6) is 0 Å². The molecule has 0 radical (unpaired) electrons. The molecule has 6 nitrogen and oxygen atoms in total. The molecule has 2 aromatic carbocycles. The van der Waals surface area contributed by atoms with Crippen LogP contribution in [0.1, 0.15) is 24.0 Å². The van der Waals surface area contributed by atoms with E-state index in [4.69, 9.17) is 0 Å². The molecule has 0 N–H and O–H groups in total. The maximum absolute atomic E-state index is 13.0. The molecule has 0 aliphatic carbocycles. The van der Waals surface area contributed by atoms with E-state index in [0.29, 0.717) is 25.9 Å². The number of piperidine rings is 1. The van der Waals surface area contributed by atoms with Gasteiger partial charge in [0.15, 0.2) is 0 Å². The van der Waals surface area contributed by atoms with Gasteiger partial charge in [0, 0.05) is 57.1 Å². The van der Waals surface area contributed by atoms with Gasteiger partial charge in [-0.15, -0.1) is 0 Å². The predicted molar refractivity (Wildman–Crippen MR) is 132 cm³/mol. The van der Waals surface area contributed by atoms with Gasteiger partial charge in [0.1, 0.15) is 0 Å². The van der Waals surface area contributed by atoms with E-state index in [2.05, 4.69) is 29.2 Å². The van der Waals surface area contributed by atoms with Crippen LogP contribution < -0.4 is 0 Å². The van der Waals surface area contributed by atoms with Crippen molar-refractivity contribution in [2.45, 2.75) is 19.3 Å². The molecule has 4 rings (SSSR count). The maximum Gasteiger partial charge on any atom is 0.236 e. The van der Waals surface area contributed by atoms with Gasteiger partial charge in [-0.1, -0.05) is 60.7 Å². The highest BCUT2D eigenvalue weighted by Gasteiger charge is 2.33. The Morgan fingerprint density at radius 3 is 2.09 bits per heavy atom. The Morgan fingerprint density at radius 1 is 0.848 bits per heavy atom. The lowest BCUT2D eigenvalue weighted by atomic mass is 9.96. The van der Waals surface area contributed by atoms with Gasteiger partial charge >= 0.3 is 0 Å². The summed E-state index contributed by atoms with van der Waals surface area (Å²) < 4.78 is 26.8. The van der Waals surface area contributed by atoms with Gasteiger partial charge in [0.05, 0.1) is 0 Å². The third-order valence-electron chi connectivity index (χ3n) is 6.64. The molecule has 0 unspecified atom stereocenters. The van der Waals surface area contributed by atoms with Crippen molar-refractivity contribution in [3.63, 3.8) is 0 Å². The Hall–Kier alpha value is -2.48. The van der Waals surface area contributed by atoms with Crippen LogP contribution in [-0.2, 0) is 21.2 Å². The Balaban J connectivity index is 1.21. The molecule has 1 amide bonds. The fourth-order valence-corrected chi connectivity index (χ4v) is 5.77. The van der Waals surface area contributed by atoms with Crippen LogP contribution in [0.15, 0.2) is 66.1 Å². The van der Waals surface area contributed by atoms with Crippen LogP contribution in [-0.4, -0.2) is 74.2 Å². The Bertz CT molecular complexity index is 1020. The second kappa shape index (κ2) is 11.1. The van der Waals surface area contributed by atoms with Gasteiger partial charge in [-0.3, -0.25) is 9.69 Å². The minimum absolute atomic E-state index is 0.0783. The molecular formula is C26H33N3O3S. The van der Waals surface area contributed by atoms with Crippen molar-refractivity contribution in [2.24, 2.45) is 5.92 Å². The predicted octanol–water partition coefficient (Wildman–Crippen LogP) is 3.09. The maximum atomic E-state index is 13.0. The van der Waals surface area contributed by atoms with Crippen LogP contribution in [0.4, 0.5) is 0 Å². The number of nitrogens with zero attached hydrogens (tertiary/aromatic N) is 3. The van der Waals surface area contributed by atoms with Crippen molar-refractivity contribution in [1.82, 2.24) is 14.1 Å². The number of carbonyl (C=O) groups excluding carboxylic acids is 1. The summed E-state index contributed by atoms with van der Waals surface area (Å²) in [7, 11) is -3.47. The number of carbonyl (C=O) groups is 1. The molecule has 2 aliphatic heterocycles. The first-order valence-electron chi connectivity index (χ1n) is 11.8. The molecule has 2 aliphatic rings. The Morgan fingerprint density at radius 2 is 1.45 bits per heavy atom.